The molecule has 0 saturated heterocycles. The van der Waals surface area contributed by atoms with E-state index in [0.717, 1.165) is 22.1 Å². The topological polar surface area (TPSA) is 73.0 Å². The molecular weight excluding hydrogens is 324 g/mol. The van der Waals surface area contributed by atoms with Gasteiger partial charge in [0.15, 0.2) is 10.9 Å². The van der Waals surface area contributed by atoms with Crippen molar-refractivity contribution in [2.24, 2.45) is 0 Å². The molecule has 6 nitrogen and oxygen atoms in total. The van der Waals surface area contributed by atoms with E-state index in [2.05, 4.69) is 28.4 Å². The van der Waals surface area contributed by atoms with Crippen molar-refractivity contribution in [3.8, 4) is 5.69 Å². The standard InChI is InChI=1S/C17H18N4O2S/c1-12-5-3-4-6-15(12)21-8-7-18-17(21)24-11-16(22)19-10-14-9-13(2)20-23-14/h3-9H,10-11H2,1-2H3,(H,19,22). The van der Waals surface area contributed by atoms with Crippen LogP contribution in [0.5, 0.6) is 0 Å². The largest absolute Gasteiger partial charge is 0.359 e. The van der Waals surface area contributed by atoms with Crippen LogP contribution in [-0.2, 0) is 11.3 Å². The highest BCUT2D eigenvalue weighted by atomic mass is 32.2. The van der Waals surface area contributed by atoms with E-state index >= 15 is 0 Å². The number of aromatic nitrogens is 3. The van der Waals surface area contributed by atoms with Gasteiger partial charge in [-0.15, -0.1) is 0 Å². The van der Waals surface area contributed by atoms with Crippen LogP contribution in [0.25, 0.3) is 5.69 Å². The zero-order valence-corrected chi connectivity index (χ0v) is 14.3. The van der Waals surface area contributed by atoms with E-state index in [1.165, 1.54) is 11.8 Å². The van der Waals surface area contributed by atoms with Crippen molar-refractivity contribution in [3.63, 3.8) is 0 Å². The van der Waals surface area contributed by atoms with Crippen LogP contribution in [0.2, 0.25) is 0 Å². The summed E-state index contributed by atoms with van der Waals surface area (Å²) in [7, 11) is 0. The molecule has 2 heterocycles. The maximum atomic E-state index is 12.0. The third-order valence-electron chi connectivity index (χ3n) is 3.45. The second kappa shape index (κ2) is 7.35. The fourth-order valence-corrected chi connectivity index (χ4v) is 3.08. The van der Waals surface area contributed by atoms with Crippen molar-refractivity contribution in [2.45, 2.75) is 25.5 Å². The number of hydrogen-bond acceptors (Lipinski definition) is 5. The SMILES string of the molecule is Cc1cc(CNC(=O)CSc2nccn2-c2ccccc2C)on1. The van der Waals surface area contributed by atoms with Gasteiger partial charge in [0, 0.05) is 18.5 Å². The summed E-state index contributed by atoms with van der Waals surface area (Å²) >= 11 is 1.40. The lowest BCUT2D eigenvalue weighted by atomic mass is 10.2. The van der Waals surface area contributed by atoms with E-state index in [9.17, 15) is 4.79 Å². The van der Waals surface area contributed by atoms with Crippen molar-refractivity contribution in [1.29, 1.82) is 0 Å². The van der Waals surface area contributed by atoms with Crippen LogP contribution < -0.4 is 5.32 Å². The molecule has 0 atom stereocenters. The Morgan fingerprint density at radius 1 is 1.33 bits per heavy atom. The first kappa shape index (κ1) is 16.3. The fourth-order valence-electron chi connectivity index (χ4n) is 2.28. The molecule has 7 heteroatoms. The smallest absolute Gasteiger partial charge is 0.230 e. The first-order valence-electron chi connectivity index (χ1n) is 7.54. The molecule has 0 aliphatic rings. The summed E-state index contributed by atoms with van der Waals surface area (Å²) in [6.07, 6.45) is 3.64. The zero-order valence-electron chi connectivity index (χ0n) is 13.5. The van der Waals surface area contributed by atoms with Crippen molar-refractivity contribution < 1.29 is 9.32 Å². The van der Waals surface area contributed by atoms with Gasteiger partial charge >= 0.3 is 0 Å². The van der Waals surface area contributed by atoms with Crippen LogP contribution in [0.15, 0.2) is 52.4 Å². The molecule has 124 valence electrons. The van der Waals surface area contributed by atoms with Gasteiger partial charge in [-0.25, -0.2) is 4.98 Å². The Bertz CT molecular complexity index is 840. The highest BCUT2D eigenvalue weighted by Gasteiger charge is 2.11. The van der Waals surface area contributed by atoms with Crippen LogP contribution in [0.3, 0.4) is 0 Å². The molecule has 0 aliphatic heterocycles. The van der Waals surface area contributed by atoms with Crippen LogP contribution in [0.1, 0.15) is 17.0 Å². The average molecular weight is 342 g/mol. The van der Waals surface area contributed by atoms with Crippen molar-refractivity contribution in [2.75, 3.05) is 5.75 Å². The molecule has 1 N–H and O–H groups in total. The van der Waals surface area contributed by atoms with Gasteiger partial charge in [-0.05, 0) is 25.5 Å². The molecule has 0 unspecified atom stereocenters. The summed E-state index contributed by atoms with van der Waals surface area (Å²) < 4.78 is 7.06. The molecule has 0 saturated carbocycles. The number of benzene rings is 1. The normalized spacial score (nSPS) is 10.8. The summed E-state index contributed by atoms with van der Waals surface area (Å²) in [5.41, 5.74) is 3.02. The van der Waals surface area contributed by atoms with E-state index in [1.807, 2.05) is 35.9 Å². The second-order valence-electron chi connectivity index (χ2n) is 5.37. The zero-order chi connectivity index (χ0) is 16.9. The second-order valence-corrected chi connectivity index (χ2v) is 6.31. The average Bonchev–Trinajstić information content (AvgIpc) is 3.20. The minimum Gasteiger partial charge on any atom is -0.359 e. The number of amides is 1. The minimum absolute atomic E-state index is 0.0756. The lowest BCUT2D eigenvalue weighted by molar-refractivity contribution is -0.118. The van der Waals surface area contributed by atoms with E-state index in [-0.39, 0.29) is 11.7 Å². The Labute approximate surface area is 144 Å². The lowest BCUT2D eigenvalue weighted by Gasteiger charge is -2.10. The molecule has 0 spiro atoms. The number of nitrogens with one attached hydrogen (secondary N) is 1. The maximum absolute atomic E-state index is 12.0. The summed E-state index contributed by atoms with van der Waals surface area (Å²) in [5, 5.41) is 7.39. The molecule has 1 amide bonds. The Hall–Kier alpha value is -2.54. The number of carbonyl (C=O) groups is 1. The van der Waals surface area contributed by atoms with Crippen molar-refractivity contribution in [1.82, 2.24) is 20.0 Å². The first-order valence-corrected chi connectivity index (χ1v) is 8.53. The van der Waals surface area contributed by atoms with E-state index in [4.69, 9.17) is 4.52 Å². The quantitative estimate of drug-likeness (QED) is 0.697. The Kier molecular flexibility index (Phi) is 5.00. The number of para-hydroxylation sites is 1. The third kappa shape index (κ3) is 3.86. The summed E-state index contributed by atoms with van der Waals surface area (Å²) in [5.74, 6) is 0.858. The van der Waals surface area contributed by atoms with Crippen LogP contribution in [-0.4, -0.2) is 26.4 Å². The Balaban J connectivity index is 1.58. The lowest BCUT2D eigenvalue weighted by Crippen LogP contribution is -2.24. The molecule has 24 heavy (non-hydrogen) atoms. The predicted molar refractivity (Wildman–Crippen MR) is 92.1 cm³/mol. The fraction of sp³-hybridized carbons (Fsp3) is 0.235. The Morgan fingerprint density at radius 2 is 2.17 bits per heavy atom. The van der Waals surface area contributed by atoms with Gasteiger partial charge in [-0.1, -0.05) is 35.1 Å². The third-order valence-corrected chi connectivity index (χ3v) is 4.42. The van der Waals surface area contributed by atoms with E-state index < -0.39 is 0 Å². The number of carbonyl (C=O) groups excluding carboxylic acids is 1. The van der Waals surface area contributed by atoms with Gasteiger partial charge in [0.25, 0.3) is 0 Å². The number of rotatable bonds is 6. The molecular formula is C17H18N4O2S. The molecule has 2 aromatic heterocycles. The number of hydrogen-bond donors (Lipinski definition) is 1. The summed E-state index contributed by atoms with van der Waals surface area (Å²) in [6.45, 7) is 4.23. The van der Waals surface area contributed by atoms with Gasteiger partial charge in [0.1, 0.15) is 0 Å². The highest BCUT2D eigenvalue weighted by Crippen LogP contribution is 2.22. The van der Waals surface area contributed by atoms with Crippen molar-refractivity contribution >= 4 is 17.7 Å². The monoisotopic (exact) mass is 342 g/mol. The predicted octanol–water partition coefficient (Wildman–Crippen LogP) is 2.89. The van der Waals surface area contributed by atoms with Gasteiger partial charge in [-0.3, -0.25) is 9.36 Å². The van der Waals surface area contributed by atoms with Crippen LogP contribution in [0.4, 0.5) is 0 Å². The highest BCUT2D eigenvalue weighted by molar-refractivity contribution is 7.99. The number of imidazole rings is 1. The number of aryl methyl sites for hydroxylation is 2. The van der Waals surface area contributed by atoms with E-state index in [1.54, 1.807) is 12.3 Å². The Morgan fingerprint density at radius 3 is 2.92 bits per heavy atom. The van der Waals surface area contributed by atoms with Gasteiger partial charge < -0.3 is 9.84 Å². The number of nitrogens with zero attached hydrogens (tertiary/aromatic N) is 3. The molecule has 0 aliphatic carbocycles. The molecule has 3 aromatic rings. The maximum Gasteiger partial charge on any atom is 0.230 e. The van der Waals surface area contributed by atoms with Gasteiger partial charge in [-0.2, -0.15) is 0 Å². The van der Waals surface area contributed by atoms with Crippen molar-refractivity contribution in [3.05, 3.63) is 59.7 Å². The minimum atomic E-state index is -0.0756. The van der Waals surface area contributed by atoms with E-state index in [0.29, 0.717) is 12.3 Å². The molecule has 0 radical (unpaired) electrons. The first-order chi connectivity index (χ1) is 11.6. The van der Waals surface area contributed by atoms with Crippen LogP contribution in [0, 0.1) is 13.8 Å². The molecule has 0 fully saturated rings. The summed E-state index contributed by atoms with van der Waals surface area (Å²) in [4.78, 5) is 16.3. The molecule has 0 bridgehead atoms. The van der Waals surface area contributed by atoms with Gasteiger partial charge in [0.05, 0.1) is 23.7 Å². The van der Waals surface area contributed by atoms with Crippen LogP contribution >= 0.6 is 11.8 Å². The molecule has 3 rings (SSSR count). The number of thioether (sulfide) groups is 1. The summed E-state index contributed by atoms with van der Waals surface area (Å²) in [6, 6.07) is 9.88. The molecule has 1 aromatic carbocycles. The van der Waals surface area contributed by atoms with Gasteiger partial charge in [0.2, 0.25) is 5.91 Å².